The lowest BCUT2D eigenvalue weighted by Gasteiger charge is -2.26. The lowest BCUT2D eigenvalue weighted by molar-refractivity contribution is -0.136. The molecule has 0 amide bonds. The van der Waals surface area contributed by atoms with Gasteiger partial charge in [-0.2, -0.15) is 0 Å². The molecule has 0 spiro atoms. The number of hydrogen-bond acceptors (Lipinski definition) is 9. The van der Waals surface area contributed by atoms with Crippen LogP contribution < -0.4 is 4.72 Å². The van der Waals surface area contributed by atoms with Gasteiger partial charge in [0.1, 0.15) is 0 Å². The molecule has 124 valence electrons. The van der Waals surface area contributed by atoms with Gasteiger partial charge in [-0.1, -0.05) is 11.9 Å². The summed E-state index contributed by atoms with van der Waals surface area (Å²) in [6.07, 6.45) is 2.48. The second-order valence-corrected chi connectivity index (χ2v) is 6.92. The van der Waals surface area contributed by atoms with Crippen LogP contribution in [0.5, 0.6) is 0 Å². The predicted molar refractivity (Wildman–Crippen MR) is 90.4 cm³/mol. The molecule has 9 heteroatoms. The molecular formula is C14H18N4O3S2. The smallest absolute Gasteiger partial charge is 0.337 e. The Kier molecular flexibility index (Phi) is 5.31. The zero-order valence-corrected chi connectivity index (χ0v) is 14.3. The minimum atomic E-state index is -0.324. The Balaban J connectivity index is 1.83. The number of nitrogens with one attached hydrogen (secondary N) is 1. The van der Waals surface area contributed by atoms with Crippen LogP contribution in [0.4, 0.5) is 0 Å². The van der Waals surface area contributed by atoms with Gasteiger partial charge in [-0.25, -0.2) is 9.78 Å². The Hall–Kier alpha value is -1.42. The number of hydrogen-bond donors (Lipinski definition) is 2. The standard InChI is InChI=1S/C14H18N4O3S2/c1-21-14(20)10-7-16-12(13-15-2-4-22-13)18-8-9(6-11(10)18)17-23-5-3-19/h2,4,9,17,19H,3,5-8H2,1H3/t9-/m0/s1. The highest BCUT2D eigenvalue weighted by Gasteiger charge is 2.37. The molecule has 0 unspecified atom stereocenters. The van der Waals surface area contributed by atoms with E-state index in [9.17, 15) is 4.79 Å². The number of carbonyl (C=O) groups is 1. The van der Waals surface area contributed by atoms with Crippen molar-refractivity contribution < 1.29 is 14.6 Å². The van der Waals surface area contributed by atoms with Gasteiger partial charge in [0.05, 0.1) is 25.8 Å². The number of ether oxygens (including phenoxy) is 1. The molecule has 23 heavy (non-hydrogen) atoms. The molecule has 1 fully saturated rings. The fourth-order valence-electron chi connectivity index (χ4n) is 2.69. The van der Waals surface area contributed by atoms with Gasteiger partial charge in [0.2, 0.25) is 0 Å². The normalized spacial score (nSPS) is 20.5. The van der Waals surface area contributed by atoms with Crippen LogP contribution >= 0.6 is 23.3 Å². The summed E-state index contributed by atoms with van der Waals surface area (Å²) in [6, 6.07) is 0.185. The predicted octanol–water partition coefficient (Wildman–Crippen LogP) is 0.635. The van der Waals surface area contributed by atoms with E-state index in [0.29, 0.717) is 24.4 Å². The molecule has 2 aliphatic heterocycles. The third kappa shape index (κ3) is 3.42. The van der Waals surface area contributed by atoms with Gasteiger partial charge in [0.25, 0.3) is 0 Å². The van der Waals surface area contributed by atoms with Gasteiger partial charge in [0, 0.05) is 42.0 Å². The number of aliphatic imine (C=N–C) groups is 1. The number of aromatic nitrogens is 1. The minimum Gasteiger partial charge on any atom is -0.466 e. The largest absolute Gasteiger partial charge is 0.466 e. The van der Waals surface area contributed by atoms with Crippen molar-refractivity contribution in [3.8, 4) is 0 Å². The van der Waals surface area contributed by atoms with Crippen molar-refractivity contribution in [2.45, 2.75) is 12.5 Å². The van der Waals surface area contributed by atoms with E-state index in [1.807, 2.05) is 5.38 Å². The van der Waals surface area contributed by atoms with E-state index in [1.165, 1.54) is 30.4 Å². The molecule has 0 radical (unpaired) electrons. The van der Waals surface area contributed by atoms with Crippen molar-refractivity contribution in [2.75, 3.05) is 32.6 Å². The molecule has 1 aromatic heterocycles. The molecule has 7 nitrogen and oxygen atoms in total. The van der Waals surface area contributed by atoms with Gasteiger partial charge in [-0.3, -0.25) is 9.71 Å². The Morgan fingerprint density at radius 3 is 3.22 bits per heavy atom. The lowest BCUT2D eigenvalue weighted by atomic mass is 10.1. The maximum atomic E-state index is 12.0. The summed E-state index contributed by atoms with van der Waals surface area (Å²) < 4.78 is 8.23. The number of esters is 1. The summed E-state index contributed by atoms with van der Waals surface area (Å²) in [5, 5.41) is 11.7. The summed E-state index contributed by atoms with van der Waals surface area (Å²) in [7, 11) is 1.39. The van der Waals surface area contributed by atoms with Gasteiger partial charge >= 0.3 is 5.97 Å². The first kappa shape index (κ1) is 16.4. The third-order valence-corrected chi connectivity index (χ3v) is 5.31. The van der Waals surface area contributed by atoms with E-state index in [2.05, 4.69) is 19.6 Å². The summed E-state index contributed by atoms with van der Waals surface area (Å²) in [5.74, 6) is 1.13. The molecule has 2 N–H and O–H groups in total. The quantitative estimate of drug-likeness (QED) is 0.440. The number of nitrogens with zero attached hydrogens (tertiary/aromatic N) is 3. The Bertz CT molecular complexity index is 630. The Morgan fingerprint density at radius 1 is 1.65 bits per heavy atom. The van der Waals surface area contributed by atoms with Crippen LogP contribution in [0, 0.1) is 0 Å². The van der Waals surface area contributed by atoms with Gasteiger partial charge in [-0.15, -0.1) is 11.3 Å². The summed E-state index contributed by atoms with van der Waals surface area (Å²) in [6.45, 7) is 1.17. The van der Waals surface area contributed by atoms with Crippen molar-refractivity contribution in [3.05, 3.63) is 27.9 Å². The maximum Gasteiger partial charge on any atom is 0.337 e. The number of amidine groups is 1. The van der Waals surface area contributed by atoms with Crippen LogP contribution in [-0.2, 0) is 9.53 Å². The van der Waals surface area contributed by atoms with Crippen molar-refractivity contribution >= 4 is 35.1 Å². The number of methoxy groups -OCH3 is 1. The van der Waals surface area contributed by atoms with Gasteiger partial charge in [-0.05, 0) is 0 Å². The van der Waals surface area contributed by atoms with E-state index >= 15 is 0 Å². The summed E-state index contributed by atoms with van der Waals surface area (Å²) in [4.78, 5) is 23.0. The molecule has 2 aliphatic rings. The highest BCUT2D eigenvalue weighted by atomic mass is 32.2. The van der Waals surface area contributed by atoms with E-state index in [-0.39, 0.29) is 18.6 Å². The highest BCUT2D eigenvalue weighted by Crippen LogP contribution is 2.32. The first-order chi connectivity index (χ1) is 11.2. The third-order valence-electron chi connectivity index (χ3n) is 3.66. The van der Waals surface area contributed by atoms with Crippen LogP contribution in [0.1, 0.15) is 11.4 Å². The van der Waals surface area contributed by atoms with E-state index in [0.717, 1.165) is 23.0 Å². The number of aliphatic hydroxyl groups excluding tert-OH is 1. The van der Waals surface area contributed by atoms with Crippen LogP contribution in [0.25, 0.3) is 0 Å². The van der Waals surface area contributed by atoms with Crippen LogP contribution in [0.3, 0.4) is 0 Å². The minimum absolute atomic E-state index is 0.135. The van der Waals surface area contributed by atoms with Gasteiger partial charge in [0.15, 0.2) is 10.8 Å². The van der Waals surface area contributed by atoms with Crippen molar-refractivity contribution in [3.63, 3.8) is 0 Å². The number of thiazole rings is 1. The van der Waals surface area contributed by atoms with Gasteiger partial charge < -0.3 is 14.7 Å². The lowest BCUT2D eigenvalue weighted by Crippen LogP contribution is -2.36. The topological polar surface area (TPSA) is 87.0 Å². The number of carbonyl (C=O) groups excluding carboxylic acids is 1. The fraction of sp³-hybridized carbons (Fsp3) is 0.500. The SMILES string of the molecule is COC(=O)C1=C2C[C@H](NSCCO)CN2C(c2nccs2)=NC1. The zero-order chi connectivity index (χ0) is 16.2. The molecule has 0 aliphatic carbocycles. The van der Waals surface area contributed by atoms with E-state index < -0.39 is 0 Å². The number of aliphatic hydroxyl groups is 1. The number of rotatable bonds is 6. The average Bonchev–Trinajstić information content (AvgIpc) is 3.23. The number of fused-ring (bicyclic) bond motifs is 1. The second-order valence-electron chi connectivity index (χ2n) is 5.10. The summed E-state index contributed by atoms with van der Waals surface area (Å²) in [5.41, 5.74) is 1.57. The molecule has 0 saturated carbocycles. The van der Waals surface area contributed by atoms with Crippen molar-refractivity contribution in [1.29, 1.82) is 0 Å². The molecule has 1 atom stereocenters. The maximum absolute atomic E-state index is 12.0. The Morgan fingerprint density at radius 2 is 2.52 bits per heavy atom. The molecule has 3 rings (SSSR count). The molecule has 3 heterocycles. The van der Waals surface area contributed by atoms with Crippen LogP contribution in [0.15, 0.2) is 27.8 Å². The monoisotopic (exact) mass is 354 g/mol. The highest BCUT2D eigenvalue weighted by molar-refractivity contribution is 7.97. The first-order valence-corrected chi connectivity index (χ1v) is 9.11. The molecule has 0 bridgehead atoms. The van der Waals surface area contributed by atoms with Crippen molar-refractivity contribution in [1.82, 2.24) is 14.6 Å². The molecule has 1 saturated heterocycles. The first-order valence-electron chi connectivity index (χ1n) is 7.25. The molecular weight excluding hydrogens is 336 g/mol. The van der Waals surface area contributed by atoms with E-state index in [1.54, 1.807) is 6.20 Å². The molecule has 1 aromatic rings. The fourth-order valence-corrected chi connectivity index (χ4v) is 3.95. The Labute approximate surface area is 142 Å². The second kappa shape index (κ2) is 7.43. The van der Waals surface area contributed by atoms with E-state index in [4.69, 9.17) is 9.84 Å². The zero-order valence-electron chi connectivity index (χ0n) is 12.7. The average molecular weight is 354 g/mol. The van der Waals surface area contributed by atoms with Crippen molar-refractivity contribution in [2.24, 2.45) is 4.99 Å². The summed E-state index contributed by atoms with van der Waals surface area (Å²) >= 11 is 3.03. The van der Waals surface area contributed by atoms with Crippen LogP contribution in [0.2, 0.25) is 0 Å². The van der Waals surface area contributed by atoms with Crippen LogP contribution in [-0.4, -0.2) is 65.4 Å². The molecule has 0 aromatic carbocycles.